The Morgan fingerprint density at radius 3 is 2.50 bits per heavy atom. The normalized spacial score (nSPS) is 19.3. The zero-order valence-corrected chi connectivity index (χ0v) is 10.4. The Hall–Kier alpha value is -2.06. The lowest BCUT2D eigenvalue weighted by Crippen LogP contribution is -2.34. The number of hydrogen-bond acceptors (Lipinski definition) is 3. The number of rotatable bonds is 2. The molecule has 18 heavy (non-hydrogen) atoms. The second-order valence-corrected chi connectivity index (χ2v) is 4.32. The summed E-state index contributed by atoms with van der Waals surface area (Å²) < 4.78 is 0. The first-order chi connectivity index (χ1) is 8.56. The van der Waals surface area contributed by atoms with Crippen LogP contribution in [0.25, 0.3) is 0 Å². The topological polar surface area (TPSA) is 64.4 Å². The quantitative estimate of drug-likeness (QED) is 0.606. The number of halogens is 1. The molecule has 0 saturated carbocycles. The van der Waals surface area contributed by atoms with Crippen LogP contribution < -0.4 is 4.90 Å². The van der Waals surface area contributed by atoms with E-state index in [0.29, 0.717) is 10.7 Å². The molecule has 1 atom stereocenters. The van der Waals surface area contributed by atoms with Crippen molar-refractivity contribution in [3.63, 3.8) is 0 Å². The first-order valence-corrected chi connectivity index (χ1v) is 5.71. The van der Waals surface area contributed by atoms with Crippen molar-refractivity contribution in [3.05, 3.63) is 29.3 Å². The van der Waals surface area contributed by atoms with E-state index in [1.807, 2.05) is 6.07 Å². The second kappa shape index (κ2) is 4.67. The van der Waals surface area contributed by atoms with Gasteiger partial charge in [-0.25, -0.2) is 9.69 Å². The van der Waals surface area contributed by atoms with Gasteiger partial charge in [0.15, 0.2) is 0 Å². The molecule has 1 aliphatic rings. The van der Waals surface area contributed by atoms with Gasteiger partial charge >= 0.3 is 6.03 Å². The van der Waals surface area contributed by atoms with Gasteiger partial charge < -0.3 is 0 Å². The van der Waals surface area contributed by atoms with Gasteiger partial charge in [-0.3, -0.25) is 9.69 Å². The highest BCUT2D eigenvalue weighted by Gasteiger charge is 2.43. The lowest BCUT2D eigenvalue weighted by atomic mass is 10.2. The number of carbonyl (C=O) groups is 2. The molecule has 1 saturated heterocycles. The van der Waals surface area contributed by atoms with Crippen LogP contribution in [0.3, 0.4) is 0 Å². The van der Waals surface area contributed by atoms with Crippen molar-refractivity contribution < 1.29 is 9.59 Å². The molecular weight excluding hydrogens is 254 g/mol. The third-order valence-corrected chi connectivity index (χ3v) is 3.03. The van der Waals surface area contributed by atoms with Crippen LogP contribution >= 0.6 is 11.6 Å². The molecule has 1 aromatic carbocycles. The van der Waals surface area contributed by atoms with Crippen molar-refractivity contribution in [2.45, 2.75) is 13.0 Å². The maximum atomic E-state index is 12.0. The van der Waals surface area contributed by atoms with Gasteiger partial charge in [0, 0.05) is 10.7 Å². The fourth-order valence-electron chi connectivity index (χ4n) is 1.88. The molecule has 0 N–H and O–H groups in total. The fraction of sp³-hybridized carbons (Fsp3) is 0.250. The summed E-state index contributed by atoms with van der Waals surface area (Å²) in [5.74, 6) is -0.364. The summed E-state index contributed by atoms with van der Waals surface area (Å²) in [6, 6.07) is 7.36. The molecule has 1 heterocycles. The zero-order valence-electron chi connectivity index (χ0n) is 9.63. The van der Waals surface area contributed by atoms with E-state index < -0.39 is 12.1 Å². The molecule has 92 valence electrons. The highest BCUT2D eigenvalue weighted by molar-refractivity contribution is 6.30. The molecule has 1 aromatic rings. The maximum absolute atomic E-state index is 12.0. The molecule has 6 heteroatoms. The molecule has 1 aliphatic heterocycles. The van der Waals surface area contributed by atoms with Gasteiger partial charge in [-0.2, -0.15) is 5.26 Å². The molecule has 0 aliphatic carbocycles. The number of imide groups is 1. The van der Waals surface area contributed by atoms with Crippen molar-refractivity contribution >= 4 is 29.2 Å². The Morgan fingerprint density at radius 1 is 1.33 bits per heavy atom. The minimum Gasteiger partial charge on any atom is -0.282 e. The number of anilines is 1. The Kier molecular flexibility index (Phi) is 3.21. The summed E-state index contributed by atoms with van der Waals surface area (Å²) in [5.41, 5.74) is 0.589. The second-order valence-electron chi connectivity index (χ2n) is 3.89. The van der Waals surface area contributed by atoms with Crippen molar-refractivity contribution in [3.8, 4) is 6.07 Å². The molecule has 0 bridgehead atoms. The van der Waals surface area contributed by atoms with E-state index in [-0.39, 0.29) is 12.5 Å². The van der Waals surface area contributed by atoms with Crippen LogP contribution in [0, 0.1) is 11.3 Å². The monoisotopic (exact) mass is 263 g/mol. The van der Waals surface area contributed by atoms with Crippen LogP contribution in [0.5, 0.6) is 0 Å². The van der Waals surface area contributed by atoms with Crippen LogP contribution in [0.4, 0.5) is 10.5 Å². The fourth-order valence-corrected chi connectivity index (χ4v) is 2.00. The Labute approximate surface area is 109 Å². The van der Waals surface area contributed by atoms with Gasteiger partial charge in [0.2, 0.25) is 0 Å². The van der Waals surface area contributed by atoms with E-state index in [9.17, 15) is 9.59 Å². The van der Waals surface area contributed by atoms with Gasteiger partial charge in [0.05, 0.1) is 6.07 Å². The average Bonchev–Trinajstić information content (AvgIpc) is 2.56. The van der Waals surface area contributed by atoms with E-state index in [1.54, 1.807) is 31.2 Å². The summed E-state index contributed by atoms with van der Waals surface area (Å²) >= 11 is 5.77. The zero-order chi connectivity index (χ0) is 13.3. The summed E-state index contributed by atoms with van der Waals surface area (Å²) in [4.78, 5) is 26.2. The molecule has 0 spiro atoms. The molecule has 0 aromatic heterocycles. The van der Waals surface area contributed by atoms with Crippen LogP contribution in [-0.2, 0) is 4.79 Å². The molecule has 0 radical (unpaired) electrons. The first-order valence-electron chi connectivity index (χ1n) is 5.33. The van der Waals surface area contributed by atoms with E-state index >= 15 is 0 Å². The molecular formula is C12H10ClN3O2. The number of benzene rings is 1. The van der Waals surface area contributed by atoms with E-state index in [1.165, 1.54) is 4.90 Å². The van der Waals surface area contributed by atoms with Crippen LogP contribution in [0.1, 0.15) is 6.92 Å². The lowest BCUT2D eigenvalue weighted by molar-refractivity contribution is -0.126. The molecule has 5 nitrogen and oxygen atoms in total. The van der Waals surface area contributed by atoms with E-state index in [4.69, 9.17) is 16.9 Å². The minimum atomic E-state index is -0.605. The number of carbonyl (C=O) groups excluding carboxylic acids is 2. The summed E-state index contributed by atoms with van der Waals surface area (Å²) in [5, 5.41) is 9.16. The Balaban J connectivity index is 2.34. The average molecular weight is 264 g/mol. The number of hydrogen-bond donors (Lipinski definition) is 0. The van der Waals surface area contributed by atoms with Crippen LogP contribution in [0.15, 0.2) is 24.3 Å². The highest BCUT2D eigenvalue weighted by atomic mass is 35.5. The third kappa shape index (κ3) is 1.91. The van der Waals surface area contributed by atoms with Gasteiger partial charge in [-0.1, -0.05) is 11.6 Å². The van der Waals surface area contributed by atoms with Gasteiger partial charge in [-0.15, -0.1) is 0 Å². The summed E-state index contributed by atoms with van der Waals surface area (Å²) in [7, 11) is 0. The maximum Gasteiger partial charge on any atom is 0.332 e. The lowest BCUT2D eigenvalue weighted by Gasteiger charge is -2.18. The predicted molar refractivity (Wildman–Crippen MR) is 66.1 cm³/mol. The highest BCUT2D eigenvalue weighted by Crippen LogP contribution is 2.26. The number of nitriles is 1. The van der Waals surface area contributed by atoms with Crippen molar-refractivity contribution in [1.82, 2.24) is 4.90 Å². The smallest absolute Gasteiger partial charge is 0.282 e. The summed E-state index contributed by atoms with van der Waals surface area (Å²) in [6.45, 7) is 1.40. The van der Waals surface area contributed by atoms with Gasteiger partial charge in [0.1, 0.15) is 12.6 Å². The predicted octanol–water partition coefficient (Wildman–Crippen LogP) is 2.02. The van der Waals surface area contributed by atoms with E-state index in [0.717, 1.165) is 4.90 Å². The van der Waals surface area contributed by atoms with Gasteiger partial charge in [0.25, 0.3) is 5.91 Å². The van der Waals surface area contributed by atoms with Crippen LogP contribution in [0.2, 0.25) is 5.02 Å². The van der Waals surface area contributed by atoms with Crippen molar-refractivity contribution in [2.75, 3.05) is 11.4 Å². The largest absolute Gasteiger partial charge is 0.332 e. The Morgan fingerprint density at radius 2 is 1.94 bits per heavy atom. The molecule has 0 unspecified atom stereocenters. The third-order valence-electron chi connectivity index (χ3n) is 2.78. The number of urea groups is 1. The molecule has 2 rings (SSSR count). The molecule has 3 amide bonds. The van der Waals surface area contributed by atoms with E-state index in [2.05, 4.69) is 0 Å². The molecule has 1 fully saturated rings. The number of amides is 3. The standard InChI is InChI=1S/C12H10ClN3O2/c1-8-11(17)15(7-6-14)12(18)16(8)10-4-2-9(13)3-5-10/h2-5,8H,7H2,1H3/t8-/m1/s1. The Bertz CT molecular complexity index is 535. The van der Waals surface area contributed by atoms with Gasteiger partial charge in [-0.05, 0) is 31.2 Å². The number of nitrogens with zero attached hydrogens (tertiary/aromatic N) is 3. The van der Waals surface area contributed by atoms with Crippen molar-refractivity contribution in [2.24, 2.45) is 0 Å². The minimum absolute atomic E-state index is 0.230. The van der Waals surface area contributed by atoms with Crippen LogP contribution in [-0.4, -0.2) is 29.4 Å². The summed E-state index contributed by atoms with van der Waals surface area (Å²) in [6.07, 6.45) is 0. The first kappa shape index (κ1) is 12.4. The van der Waals surface area contributed by atoms with Crippen molar-refractivity contribution in [1.29, 1.82) is 5.26 Å². The SMILES string of the molecule is C[C@@H]1C(=O)N(CC#N)C(=O)N1c1ccc(Cl)cc1.